The number of guanidine groups is 1. The highest BCUT2D eigenvalue weighted by Gasteiger charge is 2.41. The van der Waals surface area contributed by atoms with Crippen molar-refractivity contribution in [3.05, 3.63) is 47.4 Å². The number of carbonyl (C=O) groups is 1. The maximum atomic E-state index is 12.8. The van der Waals surface area contributed by atoms with Gasteiger partial charge in [0, 0.05) is 13.0 Å². The van der Waals surface area contributed by atoms with Crippen molar-refractivity contribution in [1.82, 2.24) is 14.9 Å². The van der Waals surface area contributed by atoms with Gasteiger partial charge in [0.1, 0.15) is 11.5 Å². The van der Waals surface area contributed by atoms with Gasteiger partial charge in [0.2, 0.25) is 5.96 Å². The lowest BCUT2D eigenvalue weighted by Gasteiger charge is -2.32. The van der Waals surface area contributed by atoms with Crippen molar-refractivity contribution in [2.45, 2.75) is 32.7 Å². The van der Waals surface area contributed by atoms with Gasteiger partial charge in [0.05, 0.1) is 12.6 Å². The minimum absolute atomic E-state index is 0.0361. The molecule has 1 atom stereocenters. The Morgan fingerprint density at radius 1 is 1.25 bits per heavy atom. The largest absolute Gasteiger partial charge is 0.336 e. The predicted octanol–water partition coefficient (Wildman–Crippen LogP) is 2.43. The second kappa shape index (κ2) is 5.78. The number of nitrogens with one attached hydrogen (secondary N) is 1. The van der Waals surface area contributed by atoms with Crippen LogP contribution in [0.4, 0.5) is 5.82 Å². The van der Waals surface area contributed by atoms with Crippen molar-refractivity contribution < 1.29 is 4.79 Å². The molecule has 1 aromatic heterocycles. The molecule has 3 heterocycles. The topological polar surface area (TPSA) is 64.6 Å². The van der Waals surface area contributed by atoms with Crippen LogP contribution in [0.5, 0.6) is 0 Å². The average Bonchev–Trinajstić information content (AvgIpc) is 3.20. The zero-order chi connectivity index (χ0) is 16.7. The fourth-order valence-electron chi connectivity index (χ4n) is 3.32. The van der Waals surface area contributed by atoms with Crippen molar-refractivity contribution in [3.8, 4) is 0 Å². The molecule has 0 saturated heterocycles. The van der Waals surface area contributed by atoms with Gasteiger partial charge in [-0.05, 0) is 18.9 Å². The van der Waals surface area contributed by atoms with Crippen molar-refractivity contribution in [2.24, 2.45) is 4.99 Å². The first kappa shape index (κ1) is 14.9. The van der Waals surface area contributed by atoms with E-state index in [0.717, 1.165) is 30.6 Å². The predicted molar refractivity (Wildman–Crippen MR) is 93.4 cm³/mol. The van der Waals surface area contributed by atoms with Crippen LogP contribution in [0.15, 0.2) is 35.3 Å². The summed E-state index contributed by atoms with van der Waals surface area (Å²) in [5.41, 5.74) is 1.75. The molecule has 24 heavy (non-hydrogen) atoms. The Balaban J connectivity index is 1.71. The van der Waals surface area contributed by atoms with E-state index in [-0.39, 0.29) is 11.9 Å². The number of hydrogen-bond donors (Lipinski definition) is 1. The summed E-state index contributed by atoms with van der Waals surface area (Å²) < 4.78 is 0. The first-order valence-electron chi connectivity index (χ1n) is 8.51. The van der Waals surface area contributed by atoms with Gasteiger partial charge in [-0.15, -0.1) is 0 Å². The van der Waals surface area contributed by atoms with Gasteiger partial charge in [-0.25, -0.2) is 9.98 Å². The number of aliphatic imine (C=N–C) groups is 1. The Morgan fingerprint density at radius 2 is 2.04 bits per heavy atom. The van der Waals surface area contributed by atoms with Gasteiger partial charge in [-0.3, -0.25) is 14.6 Å². The third-order valence-corrected chi connectivity index (χ3v) is 4.62. The van der Waals surface area contributed by atoms with Gasteiger partial charge in [0.15, 0.2) is 5.82 Å². The van der Waals surface area contributed by atoms with Crippen LogP contribution in [0, 0.1) is 0 Å². The molecule has 0 spiro atoms. The van der Waals surface area contributed by atoms with Gasteiger partial charge in [-0.1, -0.05) is 37.3 Å². The number of aromatic nitrogens is 2. The number of H-pyrrole nitrogens is 1. The number of amides is 1. The fraction of sp³-hybridized carbons (Fsp3) is 0.389. The lowest BCUT2D eigenvalue weighted by molar-refractivity contribution is 0.0841. The van der Waals surface area contributed by atoms with Crippen LogP contribution in [0.2, 0.25) is 0 Å². The second-order valence-electron chi connectivity index (χ2n) is 6.20. The number of hydrogen-bond acceptors (Lipinski definition) is 4. The van der Waals surface area contributed by atoms with E-state index in [1.807, 2.05) is 25.1 Å². The van der Waals surface area contributed by atoms with Crippen LogP contribution in [-0.2, 0) is 6.42 Å². The molecule has 0 fully saturated rings. The molecule has 0 unspecified atom stereocenters. The van der Waals surface area contributed by atoms with Crippen LogP contribution in [0.1, 0.15) is 42.1 Å². The molecule has 4 rings (SSSR count). The Bertz CT molecular complexity index is 795. The zero-order valence-corrected chi connectivity index (χ0v) is 14.0. The summed E-state index contributed by atoms with van der Waals surface area (Å²) in [6.45, 7) is 5.50. The third-order valence-electron chi connectivity index (χ3n) is 4.62. The number of carbonyl (C=O) groups excluding carboxylic acids is 1. The molecule has 6 heteroatoms. The Hall–Kier alpha value is -2.63. The molecule has 0 radical (unpaired) electrons. The highest BCUT2D eigenvalue weighted by Crippen LogP contribution is 2.31. The molecule has 124 valence electrons. The molecule has 0 bridgehead atoms. The van der Waals surface area contributed by atoms with Crippen LogP contribution in [0.3, 0.4) is 0 Å². The summed E-state index contributed by atoms with van der Waals surface area (Å²) in [5, 5.41) is 0. The van der Waals surface area contributed by atoms with Crippen molar-refractivity contribution in [1.29, 1.82) is 0 Å². The molecule has 0 aliphatic carbocycles. The first-order valence-corrected chi connectivity index (χ1v) is 8.51. The molecular weight excluding hydrogens is 302 g/mol. The Kier molecular flexibility index (Phi) is 3.59. The van der Waals surface area contributed by atoms with Crippen molar-refractivity contribution in [3.63, 3.8) is 0 Å². The van der Waals surface area contributed by atoms with Gasteiger partial charge >= 0.3 is 0 Å². The number of anilines is 1. The molecule has 6 nitrogen and oxygen atoms in total. The number of rotatable bonds is 4. The summed E-state index contributed by atoms with van der Waals surface area (Å²) in [6.07, 6.45) is 1.65. The van der Waals surface area contributed by atoms with E-state index in [1.54, 1.807) is 4.90 Å². The number of fused-ring (bicyclic) bond motifs is 3. The standard InChI is InChI=1S/C18H21N5O/c1-3-13-11-23-16-15(17(24)22(4-2)18(23)19-13)20-14(21-16)10-12-8-6-5-7-9-12/h5-9,13H,3-4,10-11H2,1-2H3,(H,20,21)/t13-/m1/s1. The fourth-order valence-corrected chi connectivity index (χ4v) is 3.32. The quantitative estimate of drug-likeness (QED) is 0.940. The monoisotopic (exact) mass is 323 g/mol. The number of nitrogens with zero attached hydrogens (tertiary/aromatic N) is 4. The number of aromatic amines is 1. The van der Waals surface area contributed by atoms with Gasteiger partial charge < -0.3 is 4.98 Å². The number of benzene rings is 1. The smallest absolute Gasteiger partial charge is 0.280 e. The molecule has 0 saturated carbocycles. The summed E-state index contributed by atoms with van der Waals surface area (Å²) in [7, 11) is 0. The minimum Gasteiger partial charge on any atom is -0.336 e. The summed E-state index contributed by atoms with van der Waals surface area (Å²) in [4.78, 5) is 29.3. The maximum absolute atomic E-state index is 12.8. The third kappa shape index (κ3) is 2.29. The van der Waals surface area contributed by atoms with Crippen LogP contribution >= 0.6 is 0 Å². The van der Waals surface area contributed by atoms with E-state index in [9.17, 15) is 4.79 Å². The van der Waals surface area contributed by atoms with Gasteiger partial charge in [0.25, 0.3) is 5.91 Å². The summed E-state index contributed by atoms with van der Waals surface area (Å²) in [6, 6.07) is 10.4. The lowest BCUT2D eigenvalue weighted by atomic mass is 10.1. The first-order chi connectivity index (χ1) is 11.7. The van der Waals surface area contributed by atoms with Gasteiger partial charge in [-0.2, -0.15) is 0 Å². The SMILES string of the molecule is CC[C@@H]1CN2C(=N1)N(CC)C(=O)c1[nH]c(Cc3ccccc3)nc12. The highest BCUT2D eigenvalue weighted by molar-refractivity contribution is 6.17. The highest BCUT2D eigenvalue weighted by atomic mass is 16.2. The van der Waals surface area contributed by atoms with E-state index in [1.165, 1.54) is 5.56 Å². The lowest BCUT2D eigenvalue weighted by Crippen LogP contribution is -2.50. The molecule has 1 aromatic carbocycles. The average molecular weight is 323 g/mol. The molecule has 1 N–H and O–H groups in total. The van der Waals surface area contributed by atoms with E-state index < -0.39 is 0 Å². The minimum atomic E-state index is -0.0361. The second-order valence-corrected chi connectivity index (χ2v) is 6.20. The zero-order valence-electron chi connectivity index (χ0n) is 14.0. The normalized spacial score (nSPS) is 19.3. The molecule has 2 aliphatic heterocycles. The molecular formula is C18H21N5O. The number of imidazole rings is 1. The van der Waals surface area contributed by atoms with E-state index >= 15 is 0 Å². The molecule has 1 amide bonds. The van der Waals surface area contributed by atoms with Crippen LogP contribution < -0.4 is 4.90 Å². The van der Waals surface area contributed by atoms with Crippen molar-refractivity contribution >= 4 is 17.7 Å². The van der Waals surface area contributed by atoms with Crippen molar-refractivity contribution in [2.75, 3.05) is 18.0 Å². The maximum Gasteiger partial charge on any atom is 0.280 e. The van der Waals surface area contributed by atoms with E-state index in [2.05, 4.69) is 28.9 Å². The van der Waals surface area contributed by atoms with E-state index in [0.29, 0.717) is 18.7 Å². The van der Waals surface area contributed by atoms with E-state index in [4.69, 9.17) is 9.98 Å². The molecule has 2 aliphatic rings. The molecule has 2 aromatic rings. The van der Waals surface area contributed by atoms with Crippen LogP contribution in [0.25, 0.3) is 0 Å². The summed E-state index contributed by atoms with van der Waals surface area (Å²) in [5.74, 6) is 2.26. The summed E-state index contributed by atoms with van der Waals surface area (Å²) >= 11 is 0. The van der Waals surface area contributed by atoms with Crippen LogP contribution in [-0.4, -0.2) is 45.9 Å². The Labute approximate surface area is 141 Å². The Morgan fingerprint density at radius 3 is 2.75 bits per heavy atom.